The first kappa shape index (κ1) is 15.2. The van der Waals surface area contributed by atoms with Crippen molar-refractivity contribution in [1.29, 1.82) is 0 Å². The average Bonchev–Trinajstić information content (AvgIpc) is 2.42. The van der Waals surface area contributed by atoms with Crippen molar-refractivity contribution in [2.24, 2.45) is 5.10 Å². The molecule has 6 nitrogen and oxygen atoms in total. The molecule has 0 spiro atoms. The largest absolute Gasteiger partial charge is 0.272 e. The molecule has 0 bridgehead atoms. The summed E-state index contributed by atoms with van der Waals surface area (Å²) in [4.78, 5) is 14.4. The SMILES string of the molecule is Cc1ccc(/C=N\Nc2ncc(Cl)cc2Cl)cc1[N+](=O)[O-]. The molecule has 0 aliphatic heterocycles. The van der Waals surface area contributed by atoms with E-state index >= 15 is 0 Å². The minimum atomic E-state index is -0.433. The van der Waals surface area contributed by atoms with Crippen LogP contribution < -0.4 is 5.43 Å². The molecule has 1 aromatic heterocycles. The predicted octanol–water partition coefficient (Wildman–Crippen LogP) is 4.05. The normalized spacial score (nSPS) is 10.8. The van der Waals surface area contributed by atoms with Crippen LogP contribution in [0.5, 0.6) is 0 Å². The van der Waals surface area contributed by atoms with Crippen LogP contribution in [0.3, 0.4) is 0 Å². The van der Waals surface area contributed by atoms with Gasteiger partial charge in [-0.3, -0.25) is 15.5 Å². The fourth-order valence-corrected chi connectivity index (χ4v) is 1.99. The number of nitro benzene ring substituents is 1. The van der Waals surface area contributed by atoms with Gasteiger partial charge in [0.05, 0.1) is 21.2 Å². The van der Waals surface area contributed by atoms with E-state index in [2.05, 4.69) is 15.5 Å². The Morgan fingerprint density at radius 2 is 2.14 bits per heavy atom. The Balaban J connectivity index is 2.14. The van der Waals surface area contributed by atoms with Crippen molar-refractivity contribution in [3.63, 3.8) is 0 Å². The van der Waals surface area contributed by atoms with Gasteiger partial charge in [-0.2, -0.15) is 5.10 Å². The summed E-state index contributed by atoms with van der Waals surface area (Å²) in [7, 11) is 0. The number of benzene rings is 1. The first-order chi connectivity index (χ1) is 9.97. The number of nitrogens with one attached hydrogen (secondary N) is 1. The lowest BCUT2D eigenvalue weighted by molar-refractivity contribution is -0.385. The Bertz CT molecular complexity index is 719. The molecule has 0 atom stereocenters. The summed E-state index contributed by atoms with van der Waals surface area (Å²) in [6, 6.07) is 6.36. The van der Waals surface area contributed by atoms with E-state index < -0.39 is 4.92 Å². The minimum absolute atomic E-state index is 0.0431. The Labute approximate surface area is 130 Å². The number of anilines is 1. The number of pyridine rings is 1. The van der Waals surface area contributed by atoms with Gasteiger partial charge in [0, 0.05) is 23.4 Å². The zero-order valence-corrected chi connectivity index (χ0v) is 12.4. The maximum Gasteiger partial charge on any atom is 0.272 e. The number of hydrazone groups is 1. The highest BCUT2D eigenvalue weighted by atomic mass is 35.5. The van der Waals surface area contributed by atoms with Gasteiger partial charge in [0.25, 0.3) is 5.69 Å². The molecule has 0 saturated heterocycles. The number of hydrogen-bond donors (Lipinski definition) is 1. The summed E-state index contributed by atoms with van der Waals surface area (Å²) in [5, 5.41) is 15.5. The van der Waals surface area contributed by atoms with Crippen molar-refractivity contribution in [2.45, 2.75) is 6.92 Å². The number of rotatable bonds is 4. The molecule has 0 unspecified atom stereocenters. The van der Waals surface area contributed by atoms with E-state index in [1.807, 2.05) is 0 Å². The quantitative estimate of drug-likeness (QED) is 0.522. The second kappa shape index (κ2) is 6.51. The Morgan fingerprint density at radius 3 is 2.81 bits per heavy atom. The van der Waals surface area contributed by atoms with Crippen LogP contribution in [0, 0.1) is 17.0 Å². The van der Waals surface area contributed by atoms with E-state index in [-0.39, 0.29) is 5.69 Å². The third-order valence-electron chi connectivity index (χ3n) is 2.62. The highest BCUT2D eigenvalue weighted by Gasteiger charge is 2.09. The smallest absolute Gasteiger partial charge is 0.260 e. The summed E-state index contributed by atoms with van der Waals surface area (Å²) < 4.78 is 0. The zero-order chi connectivity index (χ0) is 15.4. The highest BCUT2D eigenvalue weighted by molar-refractivity contribution is 6.35. The highest BCUT2D eigenvalue weighted by Crippen LogP contribution is 2.22. The molecule has 0 aliphatic rings. The molecule has 1 N–H and O–H groups in total. The van der Waals surface area contributed by atoms with E-state index in [1.165, 1.54) is 24.5 Å². The predicted molar refractivity (Wildman–Crippen MR) is 83.3 cm³/mol. The van der Waals surface area contributed by atoms with Crippen LogP contribution in [0.15, 0.2) is 35.6 Å². The summed E-state index contributed by atoms with van der Waals surface area (Å²) in [5.41, 5.74) is 3.87. The zero-order valence-electron chi connectivity index (χ0n) is 10.9. The summed E-state index contributed by atoms with van der Waals surface area (Å²) in [5.74, 6) is 0.346. The topological polar surface area (TPSA) is 80.4 Å². The van der Waals surface area contributed by atoms with Crippen LogP contribution in [0.1, 0.15) is 11.1 Å². The number of aryl methyl sites for hydroxylation is 1. The lowest BCUT2D eigenvalue weighted by atomic mass is 10.1. The van der Waals surface area contributed by atoms with Gasteiger partial charge in [0.1, 0.15) is 0 Å². The van der Waals surface area contributed by atoms with Crippen LogP contribution in [0.25, 0.3) is 0 Å². The van der Waals surface area contributed by atoms with Crippen molar-refractivity contribution >= 4 is 40.9 Å². The molecule has 108 valence electrons. The molecule has 2 aromatic rings. The first-order valence-corrected chi connectivity index (χ1v) is 6.58. The standard InChI is InChI=1S/C13H10Cl2N4O2/c1-8-2-3-9(4-12(8)19(20)21)6-17-18-13-11(15)5-10(14)7-16-13/h2-7H,1H3,(H,16,18)/b17-6-. The van der Waals surface area contributed by atoms with Crippen molar-refractivity contribution in [3.05, 3.63) is 61.7 Å². The Hall–Kier alpha value is -2.18. The van der Waals surface area contributed by atoms with Gasteiger partial charge in [-0.15, -0.1) is 0 Å². The molecule has 0 radical (unpaired) electrons. The summed E-state index contributed by atoms with van der Waals surface area (Å²) in [6.45, 7) is 1.68. The van der Waals surface area contributed by atoms with Crippen LogP contribution in [-0.2, 0) is 0 Å². The van der Waals surface area contributed by atoms with Crippen molar-refractivity contribution in [3.8, 4) is 0 Å². The van der Waals surface area contributed by atoms with Crippen LogP contribution in [0.2, 0.25) is 10.0 Å². The number of nitro groups is 1. The van der Waals surface area contributed by atoms with Crippen LogP contribution >= 0.6 is 23.2 Å². The van der Waals surface area contributed by atoms with E-state index in [0.29, 0.717) is 27.0 Å². The first-order valence-electron chi connectivity index (χ1n) is 5.82. The fraction of sp³-hybridized carbons (Fsp3) is 0.0769. The molecule has 0 saturated carbocycles. The lowest BCUT2D eigenvalue weighted by Crippen LogP contribution is -1.96. The average molecular weight is 325 g/mol. The van der Waals surface area contributed by atoms with Gasteiger partial charge in [-0.1, -0.05) is 35.3 Å². The molecule has 1 heterocycles. The maximum atomic E-state index is 10.9. The van der Waals surface area contributed by atoms with Crippen LogP contribution in [-0.4, -0.2) is 16.1 Å². The minimum Gasteiger partial charge on any atom is -0.260 e. The van der Waals surface area contributed by atoms with Crippen molar-refractivity contribution in [2.75, 3.05) is 5.43 Å². The van der Waals surface area contributed by atoms with Crippen molar-refractivity contribution in [1.82, 2.24) is 4.98 Å². The molecule has 21 heavy (non-hydrogen) atoms. The monoisotopic (exact) mass is 324 g/mol. The number of halogens is 2. The number of nitrogens with zero attached hydrogens (tertiary/aromatic N) is 3. The molecular formula is C13H10Cl2N4O2. The number of aromatic nitrogens is 1. The third-order valence-corrected chi connectivity index (χ3v) is 3.12. The number of hydrogen-bond acceptors (Lipinski definition) is 5. The second-order valence-corrected chi connectivity index (χ2v) is 5.00. The molecule has 0 aliphatic carbocycles. The maximum absolute atomic E-state index is 10.9. The third kappa shape index (κ3) is 3.90. The Morgan fingerprint density at radius 1 is 1.38 bits per heavy atom. The lowest BCUT2D eigenvalue weighted by Gasteiger charge is -2.02. The molecular weight excluding hydrogens is 315 g/mol. The summed E-state index contributed by atoms with van der Waals surface area (Å²) in [6.07, 6.45) is 2.88. The van der Waals surface area contributed by atoms with Gasteiger partial charge in [0.2, 0.25) is 0 Å². The van der Waals surface area contributed by atoms with Gasteiger partial charge in [-0.25, -0.2) is 4.98 Å². The van der Waals surface area contributed by atoms with Crippen LogP contribution in [0.4, 0.5) is 11.5 Å². The second-order valence-electron chi connectivity index (χ2n) is 4.16. The fourth-order valence-electron chi connectivity index (χ4n) is 1.57. The van der Waals surface area contributed by atoms with Gasteiger partial charge < -0.3 is 0 Å². The molecule has 1 aromatic carbocycles. The van der Waals surface area contributed by atoms with E-state index in [4.69, 9.17) is 23.2 Å². The summed E-state index contributed by atoms with van der Waals surface area (Å²) >= 11 is 11.7. The van der Waals surface area contributed by atoms with E-state index in [0.717, 1.165) is 0 Å². The molecule has 0 fully saturated rings. The molecule has 8 heteroatoms. The van der Waals surface area contributed by atoms with E-state index in [1.54, 1.807) is 19.1 Å². The molecule has 2 rings (SSSR count). The van der Waals surface area contributed by atoms with Gasteiger partial charge in [-0.05, 0) is 13.0 Å². The van der Waals surface area contributed by atoms with Crippen molar-refractivity contribution < 1.29 is 4.92 Å². The van der Waals surface area contributed by atoms with Gasteiger partial charge in [0.15, 0.2) is 5.82 Å². The van der Waals surface area contributed by atoms with E-state index in [9.17, 15) is 10.1 Å². The van der Waals surface area contributed by atoms with Gasteiger partial charge >= 0.3 is 0 Å². The molecule has 0 amide bonds. The Kier molecular flexibility index (Phi) is 4.72.